The van der Waals surface area contributed by atoms with E-state index in [0.29, 0.717) is 16.9 Å². The van der Waals surface area contributed by atoms with E-state index in [0.717, 1.165) is 10.4 Å². The molecule has 5 nitrogen and oxygen atoms in total. The molecule has 7 heteroatoms. The van der Waals surface area contributed by atoms with Gasteiger partial charge in [0.2, 0.25) is 0 Å². The van der Waals surface area contributed by atoms with E-state index < -0.39 is 0 Å². The molecule has 0 radical (unpaired) electrons. The van der Waals surface area contributed by atoms with Gasteiger partial charge in [0, 0.05) is 0 Å². The van der Waals surface area contributed by atoms with Gasteiger partial charge in [-0.3, -0.25) is 9.36 Å². The van der Waals surface area contributed by atoms with Gasteiger partial charge in [0.1, 0.15) is 23.4 Å². The van der Waals surface area contributed by atoms with Crippen LogP contribution in [0.25, 0.3) is 21.7 Å². The first-order chi connectivity index (χ1) is 11.7. The second-order valence-electron chi connectivity index (χ2n) is 5.19. The Morgan fingerprint density at radius 2 is 2.00 bits per heavy atom. The standard InChI is InChI=1S/C17H11FN4OS/c18-12-5-3-11(4-6-12)9-22-16-13(8-19-10-20-16)21-15(17(22)23)14-2-1-7-24-14/h1-8,10H,9H2. The number of rotatable bonds is 3. The Hall–Kier alpha value is -2.93. The van der Waals surface area contributed by atoms with E-state index in [2.05, 4.69) is 15.0 Å². The smallest absolute Gasteiger partial charge is 0.279 e. The van der Waals surface area contributed by atoms with Crippen molar-refractivity contribution in [3.8, 4) is 10.6 Å². The highest BCUT2D eigenvalue weighted by molar-refractivity contribution is 7.13. The zero-order chi connectivity index (χ0) is 16.5. The fraction of sp³-hybridized carbons (Fsp3) is 0.0588. The van der Waals surface area contributed by atoms with Crippen molar-refractivity contribution in [2.45, 2.75) is 6.54 Å². The van der Waals surface area contributed by atoms with Gasteiger partial charge >= 0.3 is 0 Å². The Balaban J connectivity index is 1.93. The largest absolute Gasteiger partial charge is 0.285 e. The van der Waals surface area contributed by atoms with E-state index in [9.17, 15) is 9.18 Å². The Bertz CT molecular complexity index is 1060. The van der Waals surface area contributed by atoms with Crippen LogP contribution in [0, 0.1) is 5.82 Å². The highest BCUT2D eigenvalue weighted by Gasteiger charge is 2.14. The summed E-state index contributed by atoms with van der Waals surface area (Å²) in [6.07, 6.45) is 2.97. The lowest BCUT2D eigenvalue weighted by atomic mass is 10.2. The van der Waals surface area contributed by atoms with Crippen molar-refractivity contribution in [2.75, 3.05) is 0 Å². The number of aromatic nitrogens is 4. The van der Waals surface area contributed by atoms with Gasteiger partial charge in [-0.1, -0.05) is 18.2 Å². The predicted octanol–water partition coefficient (Wildman–Crippen LogP) is 3.10. The fourth-order valence-electron chi connectivity index (χ4n) is 2.49. The summed E-state index contributed by atoms with van der Waals surface area (Å²) in [5.41, 5.74) is 1.95. The van der Waals surface area contributed by atoms with Crippen LogP contribution in [0.2, 0.25) is 0 Å². The summed E-state index contributed by atoms with van der Waals surface area (Å²) in [7, 11) is 0. The molecule has 0 N–H and O–H groups in total. The molecule has 0 atom stereocenters. The van der Waals surface area contributed by atoms with Gasteiger partial charge in [-0.15, -0.1) is 11.3 Å². The van der Waals surface area contributed by atoms with Crippen LogP contribution in [0.5, 0.6) is 0 Å². The number of benzene rings is 1. The van der Waals surface area contributed by atoms with Crippen LogP contribution < -0.4 is 5.56 Å². The monoisotopic (exact) mass is 338 g/mol. The van der Waals surface area contributed by atoms with Crippen molar-refractivity contribution in [1.82, 2.24) is 19.5 Å². The summed E-state index contributed by atoms with van der Waals surface area (Å²) in [6, 6.07) is 9.78. The van der Waals surface area contributed by atoms with Crippen LogP contribution >= 0.6 is 11.3 Å². The molecule has 0 saturated carbocycles. The third kappa shape index (κ3) is 2.59. The Kier molecular flexibility index (Phi) is 3.62. The minimum absolute atomic E-state index is 0.229. The molecular weight excluding hydrogens is 327 g/mol. The molecule has 3 heterocycles. The summed E-state index contributed by atoms with van der Waals surface area (Å²) >= 11 is 1.45. The Morgan fingerprint density at radius 3 is 2.75 bits per heavy atom. The Morgan fingerprint density at radius 1 is 1.17 bits per heavy atom. The topological polar surface area (TPSA) is 60.7 Å². The zero-order valence-corrected chi connectivity index (χ0v) is 13.2. The molecule has 0 aliphatic heterocycles. The van der Waals surface area contributed by atoms with E-state index in [4.69, 9.17) is 0 Å². The van der Waals surface area contributed by atoms with E-state index in [1.165, 1.54) is 29.8 Å². The number of halogens is 1. The maximum absolute atomic E-state index is 13.1. The van der Waals surface area contributed by atoms with Crippen molar-refractivity contribution in [1.29, 1.82) is 0 Å². The van der Waals surface area contributed by atoms with Gasteiger partial charge in [-0.25, -0.2) is 19.3 Å². The van der Waals surface area contributed by atoms with E-state index in [1.54, 1.807) is 22.9 Å². The number of thiophene rings is 1. The molecule has 3 aromatic heterocycles. The van der Waals surface area contributed by atoms with Crippen LogP contribution in [-0.4, -0.2) is 19.5 Å². The van der Waals surface area contributed by atoms with Crippen molar-refractivity contribution in [3.05, 3.63) is 76.0 Å². The number of nitrogens with zero attached hydrogens (tertiary/aromatic N) is 4. The van der Waals surface area contributed by atoms with Crippen LogP contribution in [0.4, 0.5) is 4.39 Å². The quantitative estimate of drug-likeness (QED) is 0.576. The zero-order valence-electron chi connectivity index (χ0n) is 12.4. The van der Waals surface area contributed by atoms with Gasteiger partial charge in [-0.2, -0.15) is 0 Å². The van der Waals surface area contributed by atoms with Gasteiger partial charge in [-0.05, 0) is 29.1 Å². The molecule has 4 aromatic rings. The average Bonchev–Trinajstić information content (AvgIpc) is 3.13. The SMILES string of the molecule is O=c1c(-c2cccs2)nc2cncnc2n1Cc1ccc(F)cc1. The van der Waals surface area contributed by atoms with Crippen LogP contribution in [0.15, 0.2) is 59.1 Å². The summed E-state index contributed by atoms with van der Waals surface area (Å²) in [6.45, 7) is 0.285. The lowest BCUT2D eigenvalue weighted by molar-refractivity contribution is 0.626. The first-order valence-electron chi connectivity index (χ1n) is 7.21. The molecule has 118 valence electrons. The summed E-state index contributed by atoms with van der Waals surface area (Å²) in [4.78, 5) is 26.3. The van der Waals surface area contributed by atoms with Crippen LogP contribution in [0.1, 0.15) is 5.56 Å². The molecule has 0 saturated heterocycles. The maximum Gasteiger partial charge on any atom is 0.279 e. The lowest BCUT2D eigenvalue weighted by Gasteiger charge is -2.10. The highest BCUT2D eigenvalue weighted by Crippen LogP contribution is 2.21. The van der Waals surface area contributed by atoms with E-state index in [-0.39, 0.29) is 17.9 Å². The van der Waals surface area contributed by atoms with Gasteiger partial charge in [0.05, 0.1) is 17.6 Å². The lowest BCUT2D eigenvalue weighted by Crippen LogP contribution is -2.24. The maximum atomic E-state index is 13.1. The normalized spacial score (nSPS) is 11.0. The Labute approximate surface area is 140 Å². The molecule has 0 aliphatic rings. The molecule has 0 bridgehead atoms. The third-order valence-corrected chi connectivity index (χ3v) is 4.49. The summed E-state index contributed by atoms with van der Waals surface area (Å²) in [5, 5.41) is 1.90. The average molecular weight is 338 g/mol. The van der Waals surface area contributed by atoms with Crippen molar-refractivity contribution in [3.63, 3.8) is 0 Å². The molecule has 0 unspecified atom stereocenters. The van der Waals surface area contributed by atoms with E-state index in [1.807, 2.05) is 17.5 Å². The fourth-order valence-corrected chi connectivity index (χ4v) is 3.19. The summed E-state index contributed by atoms with van der Waals surface area (Å²) < 4.78 is 14.7. The molecule has 0 fully saturated rings. The molecule has 1 aromatic carbocycles. The summed E-state index contributed by atoms with van der Waals surface area (Å²) in [5.74, 6) is -0.313. The number of hydrogen-bond acceptors (Lipinski definition) is 5. The highest BCUT2D eigenvalue weighted by atomic mass is 32.1. The second-order valence-corrected chi connectivity index (χ2v) is 6.13. The van der Waals surface area contributed by atoms with Crippen LogP contribution in [0.3, 0.4) is 0 Å². The number of hydrogen-bond donors (Lipinski definition) is 0. The minimum atomic E-state index is -0.313. The van der Waals surface area contributed by atoms with Crippen LogP contribution in [-0.2, 0) is 6.54 Å². The minimum Gasteiger partial charge on any atom is -0.285 e. The van der Waals surface area contributed by atoms with E-state index >= 15 is 0 Å². The predicted molar refractivity (Wildman–Crippen MR) is 90.4 cm³/mol. The van der Waals surface area contributed by atoms with Gasteiger partial charge in [0.25, 0.3) is 5.56 Å². The molecule has 24 heavy (non-hydrogen) atoms. The van der Waals surface area contributed by atoms with Crippen molar-refractivity contribution >= 4 is 22.5 Å². The number of fused-ring (bicyclic) bond motifs is 1. The molecule has 0 spiro atoms. The third-order valence-electron chi connectivity index (χ3n) is 3.62. The molecular formula is C17H11FN4OS. The molecule has 0 amide bonds. The van der Waals surface area contributed by atoms with Gasteiger partial charge in [0.15, 0.2) is 5.65 Å². The molecule has 0 aliphatic carbocycles. The first kappa shape index (κ1) is 14.6. The second kappa shape index (κ2) is 5.93. The van der Waals surface area contributed by atoms with Crippen molar-refractivity contribution < 1.29 is 4.39 Å². The molecule has 4 rings (SSSR count). The first-order valence-corrected chi connectivity index (χ1v) is 8.09. The van der Waals surface area contributed by atoms with Gasteiger partial charge < -0.3 is 0 Å². The van der Waals surface area contributed by atoms with Crippen molar-refractivity contribution in [2.24, 2.45) is 0 Å².